The molecule has 0 saturated heterocycles. The normalized spacial score (nSPS) is 12.5. The van der Waals surface area contributed by atoms with Crippen molar-refractivity contribution in [2.75, 3.05) is 12.3 Å². The van der Waals surface area contributed by atoms with Crippen molar-refractivity contribution in [2.45, 2.75) is 44.8 Å². The summed E-state index contributed by atoms with van der Waals surface area (Å²) in [6.45, 7) is 7.51. The molecule has 172 valence electrons. The van der Waals surface area contributed by atoms with Crippen molar-refractivity contribution in [3.05, 3.63) is 64.6 Å². The molecule has 0 saturated carbocycles. The van der Waals surface area contributed by atoms with E-state index in [9.17, 15) is 9.59 Å². The predicted octanol–water partition coefficient (Wildman–Crippen LogP) is 5.06. The molecule has 4 rings (SSSR count). The van der Waals surface area contributed by atoms with Crippen molar-refractivity contribution in [1.29, 1.82) is 0 Å². The lowest BCUT2D eigenvalue weighted by Gasteiger charge is -2.17. The highest BCUT2D eigenvalue weighted by Gasteiger charge is 2.19. The van der Waals surface area contributed by atoms with E-state index in [2.05, 4.69) is 43.2 Å². The molecule has 33 heavy (non-hydrogen) atoms. The number of carbonyl (C=O) groups is 1. The van der Waals surface area contributed by atoms with Gasteiger partial charge in [0.2, 0.25) is 5.91 Å². The van der Waals surface area contributed by atoms with Gasteiger partial charge in [-0.05, 0) is 36.0 Å². The predicted molar refractivity (Wildman–Crippen MR) is 137 cm³/mol. The number of carbonyl (C=O) groups excluding carboxylic acids is 1. The number of rotatable bonds is 9. The van der Waals surface area contributed by atoms with Gasteiger partial charge in [-0.3, -0.25) is 14.2 Å². The summed E-state index contributed by atoms with van der Waals surface area (Å²) in [7, 11) is 0. The zero-order valence-electron chi connectivity index (χ0n) is 19.1. The second kappa shape index (κ2) is 10.5. The van der Waals surface area contributed by atoms with Gasteiger partial charge in [-0.1, -0.05) is 62.9 Å². The maximum Gasteiger partial charge on any atom is 0.272 e. The monoisotopic (exact) mass is 480 g/mol. The summed E-state index contributed by atoms with van der Waals surface area (Å²) in [4.78, 5) is 36.1. The summed E-state index contributed by atoms with van der Waals surface area (Å²) < 4.78 is 2.33. The lowest BCUT2D eigenvalue weighted by atomic mass is 10.0. The molecule has 1 atom stereocenters. The molecule has 1 N–H and O–H groups in total. The molecule has 0 aliphatic rings. The Kier molecular flexibility index (Phi) is 7.45. The molecule has 6 nitrogen and oxygen atoms in total. The van der Waals surface area contributed by atoms with Gasteiger partial charge in [0, 0.05) is 24.7 Å². The highest BCUT2D eigenvalue weighted by atomic mass is 32.2. The first kappa shape index (κ1) is 23.4. The molecule has 1 amide bonds. The van der Waals surface area contributed by atoms with E-state index in [4.69, 9.17) is 4.98 Å². The van der Waals surface area contributed by atoms with E-state index in [1.807, 2.05) is 30.3 Å². The third kappa shape index (κ3) is 5.45. The Morgan fingerprint density at radius 1 is 1.15 bits per heavy atom. The third-order valence-electron chi connectivity index (χ3n) is 5.52. The Labute approximate surface area is 201 Å². The first-order valence-electron chi connectivity index (χ1n) is 11.2. The van der Waals surface area contributed by atoms with Crippen LogP contribution in [0.2, 0.25) is 0 Å². The number of nitrogens with one attached hydrogen (secondary N) is 1. The lowest BCUT2D eigenvalue weighted by molar-refractivity contribution is -0.118. The van der Waals surface area contributed by atoms with Gasteiger partial charge in [0.25, 0.3) is 5.56 Å². The fourth-order valence-corrected chi connectivity index (χ4v) is 5.52. The van der Waals surface area contributed by atoms with Crippen LogP contribution in [-0.4, -0.2) is 32.7 Å². The molecule has 4 aromatic rings. The highest BCUT2D eigenvalue weighted by Crippen LogP contribution is 2.31. The molecule has 0 fully saturated rings. The van der Waals surface area contributed by atoms with E-state index in [0.717, 1.165) is 22.2 Å². The van der Waals surface area contributed by atoms with Gasteiger partial charge in [-0.2, -0.15) is 0 Å². The number of nitrogens with zero attached hydrogens (tertiary/aromatic N) is 3. The first-order chi connectivity index (χ1) is 15.9. The van der Waals surface area contributed by atoms with Crippen LogP contribution in [0.1, 0.15) is 38.7 Å². The largest absolute Gasteiger partial charge is 0.355 e. The van der Waals surface area contributed by atoms with E-state index < -0.39 is 0 Å². The molecular formula is C25H28N4O2S2. The van der Waals surface area contributed by atoms with Crippen LogP contribution < -0.4 is 10.9 Å². The second-order valence-corrected chi connectivity index (χ2v) is 10.5. The molecule has 0 bridgehead atoms. The number of thiophene rings is 1. The van der Waals surface area contributed by atoms with Gasteiger partial charge in [0.15, 0.2) is 5.16 Å². The molecule has 0 aliphatic heterocycles. The minimum Gasteiger partial charge on any atom is -0.355 e. The van der Waals surface area contributed by atoms with Gasteiger partial charge in [0.05, 0.1) is 11.3 Å². The summed E-state index contributed by atoms with van der Waals surface area (Å²) in [5.74, 6) is 0.826. The van der Waals surface area contributed by atoms with Crippen molar-refractivity contribution < 1.29 is 4.79 Å². The number of hydrogen-bond acceptors (Lipinski definition) is 6. The number of amides is 1. The Bertz CT molecular complexity index is 1310. The lowest BCUT2D eigenvalue weighted by Crippen LogP contribution is -2.28. The molecular weight excluding hydrogens is 452 g/mol. The molecule has 3 heterocycles. The van der Waals surface area contributed by atoms with E-state index in [1.54, 1.807) is 10.8 Å². The van der Waals surface area contributed by atoms with Crippen molar-refractivity contribution in [3.63, 3.8) is 0 Å². The van der Waals surface area contributed by atoms with Crippen LogP contribution in [0.15, 0.2) is 58.6 Å². The van der Waals surface area contributed by atoms with Crippen LogP contribution in [0.5, 0.6) is 0 Å². The minimum absolute atomic E-state index is 0.0468. The fraction of sp³-hybridized carbons (Fsp3) is 0.360. The number of aromatic nitrogens is 3. The summed E-state index contributed by atoms with van der Waals surface area (Å²) in [6, 6.07) is 13.9. The second-order valence-electron chi connectivity index (χ2n) is 8.58. The maximum atomic E-state index is 13.6. The van der Waals surface area contributed by atoms with Crippen LogP contribution in [0.4, 0.5) is 0 Å². The molecule has 1 aromatic carbocycles. The SMILES string of the molecule is CC(C)CCNC(=O)CSc1nc2c(sc3ncccc32)c(=O)n1C[C@H](C)c1ccccc1. The number of fused-ring (bicyclic) bond motifs is 3. The summed E-state index contributed by atoms with van der Waals surface area (Å²) in [5, 5.41) is 4.41. The quantitative estimate of drug-likeness (QED) is 0.268. The van der Waals surface area contributed by atoms with E-state index in [-0.39, 0.29) is 23.1 Å². The van der Waals surface area contributed by atoms with Gasteiger partial charge >= 0.3 is 0 Å². The van der Waals surface area contributed by atoms with Crippen LogP contribution in [-0.2, 0) is 11.3 Å². The average Bonchev–Trinajstić information content (AvgIpc) is 3.19. The van der Waals surface area contributed by atoms with E-state index >= 15 is 0 Å². The van der Waals surface area contributed by atoms with E-state index in [0.29, 0.717) is 34.4 Å². The van der Waals surface area contributed by atoms with Gasteiger partial charge in [-0.15, -0.1) is 11.3 Å². The summed E-state index contributed by atoms with van der Waals surface area (Å²) >= 11 is 2.69. The summed E-state index contributed by atoms with van der Waals surface area (Å²) in [6.07, 6.45) is 2.67. The zero-order valence-corrected chi connectivity index (χ0v) is 20.7. The van der Waals surface area contributed by atoms with Crippen LogP contribution in [0.25, 0.3) is 20.4 Å². The van der Waals surface area contributed by atoms with Crippen molar-refractivity contribution in [3.8, 4) is 0 Å². The number of pyridine rings is 1. The van der Waals surface area contributed by atoms with Gasteiger partial charge in [0.1, 0.15) is 9.53 Å². The minimum atomic E-state index is -0.0755. The Balaban J connectivity index is 1.67. The smallest absolute Gasteiger partial charge is 0.272 e. The van der Waals surface area contributed by atoms with Gasteiger partial charge < -0.3 is 5.32 Å². The molecule has 0 radical (unpaired) electrons. The Hall–Kier alpha value is -2.71. The molecule has 0 spiro atoms. The highest BCUT2D eigenvalue weighted by molar-refractivity contribution is 7.99. The first-order valence-corrected chi connectivity index (χ1v) is 13.0. The van der Waals surface area contributed by atoms with Crippen LogP contribution >= 0.6 is 23.1 Å². The standard InChI is InChI=1S/C25H28N4O2S2/c1-16(2)11-13-26-20(30)15-32-25-28-21-19-10-7-12-27-23(19)33-22(21)24(31)29(25)14-17(3)18-8-5-4-6-9-18/h4-10,12,16-17H,11,13-15H2,1-3H3,(H,26,30)/t17-/m0/s1. The molecule has 0 unspecified atom stereocenters. The van der Waals surface area contributed by atoms with Crippen LogP contribution in [0.3, 0.4) is 0 Å². The number of benzene rings is 1. The molecule has 0 aliphatic carbocycles. The summed E-state index contributed by atoms with van der Waals surface area (Å²) in [5.41, 5.74) is 1.75. The third-order valence-corrected chi connectivity index (χ3v) is 7.59. The fourth-order valence-electron chi connectivity index (χ4n) is 3.65. The van der Waals surface area contributed by atoms with Gasteiger partial charge in [-0.25, -0.2) is 9.97 Å². The number of hydrogen-bond donors (Lipinski definition) is 1. The van der Waals surface area contributed by atoms with Crippen molar-refractivity contribution >= 4 is 49.4 Å². The molecule has 8 heteroatoms. The topological polar surface area (TPSA) is 76.9 Å². The zero-order chi connectivity index (χ0) is 23.4. The molecule has 3 aromatic heterocycles. The van der Waals surface area contributed by atoms with Crippen molar-refractivity contribution in [1.82, 2.24) is 19.9 Å². The Morgan fingerprint density at radius 2 is 1.94 bits per heavy atom. The van der Waals surface area contributed by atoms with Crippen LogP contribution in [0, 0.1) is 5.92 Å². The number of thioether (sulfide) groups is 1. The van der Waals surface area contributed by atoms with Crippen molar-refractivity contribution in [2.24, 2.45) is 5.92 Å². The Morgan fingerprint density at radius 3 is 2.70 bits per heavy atom. The average molecular weight is 481 g/mol. The van der Waals surface area contributed by atoms with E-state index in [1.165, 1.54) is 23.1 Å². The maximum absolute atomic E-state index is 13.6.